The first-order valence-corrected chi connectivity index (χ1v) is 9.32. The topological polar surface area (TPSA) is 92.6 Å². The number of anilines is 2. The summed E-state index contributed by atoms with van der Waals surface area (Å²) in [5, 5.41) is 8.63. The molecule has 0 atom stereocenters. The maximum atomic E-state index is 12.3. The van der Waals surface area contributed by atoms with E-state index in [-0.39, 0.29) is 18.4 Å². The average Bonchev–Trinajstić information content (AvgIpc) is 3.25. The fourth-order valence-corrected chi connectivity index (χ4v) is 2.70. The zero-order valence-corrected chi connectivity index (χ0v) is 16.1. The molecule has 1 aromatic heterocycles. The normalized spacial score (nSPS) is 10.2. The fourth-order valence-electron chi connectivity index (χ4n) is 2.70. The number of carbonyl (C=O) groups excluding carboxylic acids is 2. The van der Waals surface area contributed by atoms with Gasteiger partial charge in [0.15, 0.2) is 0 Å². The van der Waals surface area contributed by atoms with Gasteiger partial charge in [-0.1, -0.05) is 18.2 Å². The highest BCUT2D eigenvalue weighted by atomic mass is 16.5. The summed E-state index contributed by atoms with van der Waals surface area (Å²) in [4.78, 5) is 24.6. The number of para-hydroxylation sites is 2. The third-order valence-corrected chi connectivity index (χ3v) is 4.04. The maximum Gasteiger partial charge on any atom is 0.251 e. The van der Waals surface area contributed by atoms with E-state index >= 15 is 0 Å². The van der Waals surface area contributed by atoms with Crippen molar-refractivity contribution in [2.45, 2.75) is 13.5 Å². The van der Waals surface area contributed by atoms with Crippen LogP contribution >= 0.6 is 0 Å². The summed E-state index contributed by atoms with van der Waals surface area (Å²) < 4.78 is 10.7. The molecule has 0 aliphatic heterocycles. The molecule has 0 radical (unpaired) electrons. The number of carbonyl (C=O) groups is 2. The van der Waals surface area contributed by atoms with Gasteiger partial charge >= 0.3 is 0 Å². The molecule has 0 spiro atoms. The second-order valence-corrected chi connectivity index (χ2v) is 6.17. The van der Waals surface area contributed by atoms with Crippen LogP contribution in [-0.2, 0) is 11.3 Å². The van der Waals surface area contributed by atoms with Gasteiger partial charge in [0, 0.05) is 11.3 Å². The van der Waals surface area contributed by atoms with Crippen LogP contribution in [0.5, 0.6) is 5.75 Å². The monoisotopic (exact) mass is 393 g/mol. The van der Waals surface area contributed by atoms with Gasteiger partial charge in [-0.15, -0.1) is 0 Å². The summed E-state index contributed by atoms with van der Waals surface area (Å²) in [7, 11) is 0. The summed E-state index contributed by atoms with van der Waals surface area (Å²) in [5.74, 6) is 0.880. The number of hydrogen-bond acceptors (Lipinski definition) is 5. The predicted molar refractivity (Wildman–Crippen MR) is 111 cm³/mol. The molecule has 7 nitrogen and oxygen atoms in total. The number of hydrogen-bond donors (Lipinski definition) is 3. The Labute approximate surface area is 169 Å². The van der Waals surface area contributed by atoms with Crippen LogP contribution in [0, 0.1) is 0 Å². The van der Waals surface area contributed by atoms with E-state index in [1.54, 1.807) is 42.7 Å². The molecule has 150 valence electrons. The van der Waals surface area contributed by atoms with Crippen LogP contribution in [0.4, 0.5) is 11.4 Å². The molecule has 0 aliphatic rings. The predicted octanol–water partition coefficient (Wildman–Crippen LogP) is 3.66. The van der Waals surface area contributed by atoms with Gasteiger partial charge in [-0.25, -0.2) is 0 Å². The Kier molecular flexibility index (Phi) is 6.89. The van der Waals surface area contributed by atoms with E-state index in [1.807, 2.05) is 31.2 Å². The zero-order valence-electron chi connectivity index (χ0n) is 16.1. The van der Waals surface area contributed by atoms with Crippen molar-refractivity contribution >= 4 is 23.2 Å². The van der Waals surface area contributed by atoms with Crippen molar-refractivity contribution in [2.75, 3.05) is 23.8 Å². The third kappa shape index (κ3) is 5.87. The number of nitrogens with one attached hydrogen (secondary N) is 3. The molecule has 2 aromatic carbocycles. The molecule has 0 fully saturated rings. The van der Waals surface area contributed by atoms with Gasteiger partial charge in [0.2, 0.25) is 5.91 Å². The van der Waals surface area contributed by atoms with Gasteiger partial charge in [-0.3, -0.25) is 9.59 Å². The molecular formula is C22H23N3O4. The summed E-state index contributed by atoms with van der Waals surface area (Å²) in [6, 6.07) is 17.7. The lowest BCUT2D eigenvalue weighted by molar-refractivity contribution is -0.114. The van der Waals surface area contributed by atoms with E-state index in [4.69, 9.17) is 9.15 Å². The number of amides is 2. The second-order valence-electron chi connectivity index (χ2n) is 6.17. The molecule has 3 N–H and O–H groups in total. The number of furan rings is 1. The van der Waals surface area contributed by atoms with Gasteiger partial charge in [-0.05, 0) is 49.4 Å². The van der Waals surface area contributed by atoms with E-state index < -0.39 is 0 Å². The van der Waals surface area contributed by atoms with E-state index in [9.17, 15) is 9.59 Å². The Bertz CT molecular complexity index is 954. The Morgan fingerprint density at radius 3 is 2.69 bits per heavy atom. The highest BCUT2D eigenvalue weighted by molar-refractivity contribution is 5.98. The van der Waals surface area contributed by atoms with Crippen LogP contribution < -0.4 is 20.7 Å². The molecule has 2 amide bonds. The highest BCUT2D eigenvalue weighted by Gasteiger charge is 2.09. The van der Waals surface area contributed by atoms with Crippen LogP contribution in [0.25, 0.3) is 0 Å². The molecule has 0 unspecified atom stereocenters. The summed E-state index contributed by atoms with van der Waals surface area (Å²) in [6.07, 6.45) is 1.55. The van der Waals surface area contributed by atoms with E-state index in [0.29, 0.717) is 35.9 Å². The largest absolute Gasteiger partial charge is 0.492 e. The molecule has 0 saturated carbocycles. The van der Waals surface area contributed by atoms with Crippen molar-refractivity contribution in [3.8, 4) is 5.75 Å². The van der Waals surface area contributed by atoms with Crippen LogP contribution in [-0.4, -0.2) is 25.0 Å². The van der Waals surface area contributed by atoms with Crippen LogP contribution in [0.3, 0.4) is 0 Å². The minimum atomic E-state index is -0.249. The lowest BCUT2D eigenvalue weighted by atomic mass is 10.2. The van der Waals surface area contributed by atoms with Crippen molar-refractivity contribution in [3.63, 3.8) is 0 Å². The van der Waals surface area contributed by atoms with Crippen molar-refractivity contribution in [3.05, 3.63) is 78.3 Å². The minimum Gasteiger partial charge on any atom is -0.492 e. The zero-order chi connectivity index (χ0) is 20.5. The molecule has 3 rings (SSSR count). The second kappa shape index (κ2) is 9.98. The van der Waals surface area contributed by atoms with Crippen molar-refractivity contribution in [2.24, 2.45) is 0 Å². The standard InChI is InChI=1S/C22H23N3O4/c1-2-28-20-11-4-3-10-19(20)23-15-21(26)25-17-8-5-7-16(13-17)22(27)24-14-18-9-6-12-29-18/h3-13,23H,2,14-15H2,1H3,(H,24,27)(H,25,26). The van der Waals surface area contributed by atoms with Crippen molar-refractivity contribution in [1.29, 1.82) is 0 Å². The Balaban J connectivity index is 1.54. The number of rotatable bonds is 9. The van der Waals surface area contributed by atoms with Crippen molar-refractivity contribution < 1.29 is 18.7 Å². The Hall–Kier alpha value is -3.74. The minimum absolute atomic E-state index is 0.0685. The van der Waals surface area contributed by atoms with E-state index in [0.717, 1.165) is 5.69 Å². The van der Waals surface area contributed by atoms with Crippen LogP contribution in [0.1, 0.15) is 23.0 Å². The van der Waals surface area contributed by atoms with Gasteiger partial charge < -0.3 is 25.1 Å². The van der Waals surface area contributed by atoms with Gasteiger partial charge in [-0.2, -0.15) is 0 Å². The Morgan fingerprint density at radius 1 is 1.03 bits per heavy atom. The fraction of sp³-hybridized carbons (Fsp3) is 0.182. The maximum absolute atomic E-state index is 12.3. The van der Waals surface area contributed by atoms with Crippen LogP contribution in [0.2, 0.25) is 0 Å². The lowest BCUT2D eigenvalue weighted by Crippen LogP contribution is -2.24. The molecule has 0 aliphatic carbocycles. The SMILES string of the molecule is CCOc1ccccc1NCC(=O)Nc1cccc(C(=O)NCc2ccco2)c1. The molecule has 0 bridgehead atoms. The van der Waals surface area contributed by atoms with E-state index in [1.165, 1.54) is 0 Å². The molecule has 7 heteroatoms. The number of ether oxygens (including phenoxy) is 1. The van der Waals surface area contributed by atoms with Crippen molar-refractivity contribution in [1.82, 2.24) is 5.32 Å². The molecule has 29 heavy (non-hydrogen) atoms. The summed E-state index contributed by atoms with van der Waals surface area (Å²) in [6.45, 7) is 2.81. The first-order valence-electron chi connectivity index (χ1n) is 9.32. The Morgan fingerprint density at radius 2 is 1.90 bits per heavy atom. The first kappa shape index (κ1) is 20.0. The van der Waals surface area contributed by atoms with Crippen LogP contribution in [0.15, 0.2) is 71.3 Å². The molecule has 3 aromatic rings. The molecular weight excluding hydrogens is 370 g/mol. The van der Waals surface area contributed by atoms with Gasteiger partial charge in [0.25, 0.3) is 5.91 Å². The van der Waals surface area contributed by atoms with E-state index in [2.05, 4.69) is 16.0 Å². The number of benzene rings is 2. The lowest BCUT2D eigenvalue weighted by Gasteiger charge is -2.12. The quantitative estimate of drug-likeness (QED) is 0.516. The molecule has 0 saturated heterocycles. The first-order chi connectivity index (χ1) is 14.2. The summed E-state index contributed by atoms with van der Waals surface area (Å²) >= 11 is 0. The van der Waals surface area contributed by atoms with Gasteiger partial charge in [0.05, 0.1) is 31.6 Å². The third-order valence-electron chi connectivity index (χ3n) is 4.04. The molecule has 1 heterocycles. The summed E-state index contributed by atoms with van der Waals surface area (Å²) in [5.41, 5.74) is 1.74. The van der Waals surface area contributed by atoms with Gasteiger partial charge in [0.1, 0.15) is 11.5 Å². The average molecular weight is 393 g/mol. The highest BCUT2D eigenvalue weighted by Crippen LogP contribution is 2.23. The smallest absolute Gasteiger partial charge is 0.251 e.